The molecule has 0 bridgehead atoms. The van der Waals surface area contributed by atoms with E-state index >= 15 is 0 Å². The van der Waals surface area contributed by atoms with E-state index in [1.54, 1.807) is 0 Å². The Morgan fingerprint density at radius 1 is 1.11 bits per heavy atom. The lowest BCUT2D eigenvalue weighted by atomic mass is 9.89. The highest BCUT2D eigenvalue weighted by molar-refractivity contribution is 4.88. The SMILES string of the molecule is CC1CN(C)CCN1C(CN)C1CCCCCC1. The molecule has 1 heterocycles. The molecule has 2 rings (SSSR count). The third-order valence-electron chi connectivity index (χ3n) is 4.99. The molecule has 0 aromatic rings. The van der Waals surface area contributed by atoms with Crippen LogP contribution >= 0.6 is 0 Å². The lowest BCUT2D eigenvalue weighted by Crippen LogP contribution is -2.58. The lowest BCUT2D eigenvalue weighted by Gasteiger charge is -2.45. The maximum Gasteiger partial charge on any atom is 0.0250 e. The van der Waals surface area contributed by atoms with Crippen LogP contribution in [0.3, 0.4) is 0 Å². The Morgan fingerprint density at radius 3 is 2.33 bits per heavy atom. The van der Waals surface area contributed by atoms with Gasteiger partial charge in [-0.2, -0.15) is 0 Å². The number of rotatable bonds is 3. The van der Waals surface area contributed by atoms with E-state index in [0.29, 0.717) is 12.1 Å². The van der Waals surface area contributed by atoms with Gasteiger partial charge < -0.3 is 10.6 Å². The molecule has 1 aliphatic carbocycles. The maximum absolute atomic E-state index is 6.13. The fourth-order valence-corrected chi connectivity index (χ4v) is 3.94. The minimum atomic E-state index is 0.631. The van der Waals surface area contributed by atoms with Crippen LogP contribution in [0.5, 0.6) is 0 Å². The highest BCUT2D eigenvalue weighted by atomic mass is 15.3. The highest BCUT2D eigenvalue weighted by Gasteiger charge is 2.32. The Balaban J connectivity index is 1.98. The van der Waals surface area contributed by atoms with Crippen molar-refractivity contribution in [3.63, 3.8) is 0 Å². The molecule has 18 heavy (non-hydrogen) atoms. The minimum Gasteiger partial charge on any atom is -0.329 e. The van der Waals surface area contributed by atoms with Crippen molar-refractivity contribution in [3.8, 4) is 0 Å². The highest BCUT2D eigenvalue weighted by Crippen LogP contribution is 2.29. The van der Waals surface area contributed by atoms with E-state index in [4.69, 9.17) is 5.73 Å². The summed E-state index contributed by atoms with van der Waals surface area (Å²) in [5.41, 5.74) is 6.13. The molecule has 106 valence electrons. The Hall–Kier alpha value is -0.120. The average Bonchev–Trinajstić information content (AvgIpc) is 2.62. The minimum absolute atomic E-state index is 0.631. The summed E-state index contributed by atoms with van der Waals surface area (Å²) in [5, 5.41) is 0. The van der Waals surface area contributed by atoms with Gasteiger partial charge in [0.15, 0.2) is 0 Å². The van der Waals surface area contributed by atoms with Gasteiger partial charge in [0.25, 0.3) is 0 Å². The Kier molecular flexibility index (Phi) is 5.46. The topological polar surface area (TPSA) is 32.5 Å². The first-order valence-corrected chi connectivity index (χ1v) is 7.86. The zero-order valence-corrected chi connectivity index (χ0v) is 12.3. The van der Waals surface area contributed by atoms with Crippen molar-refractivity contribution >= 4 is 0 Å². The summed E-state index contributed by atoms with van der Waals surface area (Å²) in [6.07, 6.45) is 8.52. The molecule has 1 aliphatic heterocycles. The first kappa shape index (κ1) is 14.3. The Bertz CT molecular complexity index is 236. The molecule has 2 fully saturated rings. The van der Waals surface area contributed by atoms with Gasteiger partial charge >= 0.3 is 0 Å². The van der Waals surface area contributed by atoms with Crippen molar-refractivity contribution in [3.05, 3.63) is 0 Å². The van der Waals surface area contributed by atoms with Crippen molar-refractivity contribution in [1.29, 1.82) is 0 Å². The number of piperazine rings is 1. The average molecular weight is 253 g/mol. The summed E-state index contributed by atoms with van der Waals surface area (Å²) in [7, 11) is 2.23. The molecule has 0 amide bonds. The number of hydrogen-bond donors (Lipinski definition) is 1. The predicted molar refractivity (Wildman–Crippen MR) is 77.7 cm³/mol. The van der Waals surface area contributed by atoms with Crippen LogP contribution in [0, 0.1) is 5.92 Å². The van der Waals surface area contributed by atoms with Gasteiger partial charge in [0.2, 0.25) is 0 Å². The van der Waals surface area contributed by atoms with E-state index in [1.165, 1.54) is 58.2 Å². The van der Waals surface area contributed by atoms with Gasteiger partial charge in [-0.15, -0.1) is 0 Å². The Morgan fingerprint density at radius 2 is 1.78 bits per heavy atom. The normalized spacial score (nSPS) is 31.2. The van der Waals surface area contributed by atoms with Crippen molar-refractivity contribution in [1.82, 2.24) is 9.80 Å². The van der Waals surface area contributed by atoms with Crippen LogP contribution in [-0.2, 0) is 0 Å². The number of likely N-dealkylation sites (N-methyl/N-ethyl adjacent to an activating group) is 1. The molecule has 0 radical (unpaired) electrons. The monoisotopic (exact) mass is 253 g/mol. The zero-order chi connectivity index (χ0) is 13.0. The van der Waals surface area contributed by atoms with Crippen LogP contribution in [0.15, 0.2) is 0 Å². The molecular formula is C15H31N3. The molecule has 3 heteroatoms. The van der Waals surface area contributed by atoms with E-state index in [1.807, 2.05) is 0 Å². The summed E-state index contributed by atoms with van der Waals surface area (Å²) in [6.45, 7) is 6.82. The standard InChI is InChI=1S/C15H31N3/c1-13-12-17(2)9-10-18(13)15(11-16)14-7-5-3-4-6-8-14/h13-15H,3-12,16H2,1-2H3. The van der Waals surface area contributed by atoms with E-state index in [0.717, 1.165) is 12.5 Å². The third kappa shape index (κ3) is 3.46. The van der Waals surface area contributed by atoms with Crippen LogP contribution < -0.4 is 5.73 Å². The first-order valence-electron chi connectivity index (χ1n) is 7.86. The van der Waals surface area contributed by atoms with Gasteiger partial charge in [0, 0.05) is 38.3 Å². The molecule has 3 nitrogen and oxygen atoms in total. The molecule has 0 spiro atoms. The second kappa shape index (κ2) is 6.88. The smallest absolute Gasteiger partial charge is 0.0250 e. The number of nitrogens with zero attached hydrogens (tertiary/aromatic N) is 2. The third-order valence-corrected chi connectivity index (χ3v) is 4.99. The largest absolute Gasteiger partial charge is 0.329 e. The first-order chi connectivity index (χ1) is 8.72. The van der Waals surface area contributed by atoms with Crippen LogP contribution in [0.1, 0.15) is 45.4 Å². The molecule has 0 aromatic heterocycles. The molecule has 2 unspecified atom stereocenters. The van der Waals surface area contributed by atoms with Gasteiger partial charge in [0.1, 0.15) is 0 Å². The quantitative estimate of drug-likeness (QED) is 0.780. The maximum atomic E-state index is 6.13. The van der Waals surface area contributed by atoms with Gasteiger partial charge in [-0.25, -0.2) is 0 Å². The van der Waals surface area contributed by atoms with Crippen LogP contribution in [-0.4, -0.2) is 55.1 Å². The molecule has 0 aromatic carbocycles. The molecule has 2 atom stereocenters. The predicted octanol–water partition coefficient (Wildman–Crippen LogP) is 1.92. The molecule has 1 saturated carbocycles. The number of nitrogens with two attached hydrogens (primary N) is 1. The number of hydrogen-bond acceptors (Lipinski definition) is 3. The fourth-order valence-electron chi connectivity index (χ4n) is 3.94. The zero-order valence-electron chi connectivity index (χ0n) is 12.3. The fraction of sp³-hybridized carbons (Fsp3) is 1.00. The summed E-state index contributed by atoms with van der Waals surface area (Å²) < 4.78 is 0. The van der Waals surface area contributed by atoms with E-state index in [2.05, 4.69) is 23.8 Å². The Labute approximate surface area is 113 Å². The van der Waals surface area contributed by atoms with E-state index in [-0.39, 0.29) is 0 Å². The van der Waals surface area contributed by atoms with Gasteiger partial charge in [-0.1, -0.05) is 25.7 Å². The van der Waals surface area contributed by atoms with Crippen molar-refractivity contribution in [2.75, 3.05) is 33.2 Å². The van der Waals surface area contributed by atoms with Crippen molar-refractivity contribution in [2.45, 2.75) is 57.5 Å². The van der Waals surface area contributed by atoms with Gasteiger partial charge in [-0.05, 0) is 32.7 Å². The van der Waals surface area contributed by atoms with Crippen LogP contribution in [0.4, 0.5) is 0 Å². The van der Waals surface area contributed by atoms with Gasteiger partial charge in [0.05, 0.1) is 0 Å². The summed E-state index contributed by atoms with van der Waals surface area (Å²) in [4.78, 5) is 5.15. The summed E-state index contributed by atoms with van der Waals surface area (Å²) >= 11 is 0. The second-order valence-electron chi connectivity index (χ2n) is 6.40. The second-order valence-corrected chi connectivity index (χ2v) is 6.40. The van der Waals surface area contributed by atoms with Crippen LogP contribution in [0.2, 0.25) is 0 Å². The van der Waals surface area contributed by atoms with Gasteiger partial charge in [-0.3, -0.25) is 4.90 Å². The van der Waals surface area contributed by atoms with Crippen molar-refractivity contribution < 1.29 is 0 Å². The van der Waals surface area contributed by atoms with E-state index in [9.17, 15) is 0 Å². The molecular weight excluding hydrogens is 222 g/mol. The molecule has 2 N–H and O–H groups in total. The van der Waals surface area contributed by atoms with E-state index < -0.39 is 0 Å². The molecule has 1 saturated heterocycles. The molecule has 2 aliphatic rings. The van der Waals surface area contributed by atoms with Crippen molar-refractivity contribution in [2.24, 2.45) is 11.7 Å². The summed E-state index contributed by atoms with van der Waals surface area (Å²) in [6, 6.07) is 1.30. The van der Waals surface area contributed by atoms with Crippen LogP contribution in [0.25, 0.3) is 0 Å². The summed E-state index contributed by atoms with van der Waals surface area (Å²) in [5.74, 6) is 0.850. The lowest BCUT2D eigenvalue weighted by molar-refractivity contribution is 0.0359.